The summed E-state index contributed by atoms with van der Waals surface area (Å²) in [5, 5.41) is 0. The van der Waals surface area contributed by atoms with Gasteiger partial charge in [-0.3, -0.25) is 0 Å². The van der Waals surface area contributed by atoms with Crippen molar-refractivity contribution in [3.05, 3.63) is 241 Å². The maximum absolute atomic E-state index is 2.42. The summed E-state index contributed by atoms with van der Waals surface area (Å²) in [5.74, 6) is 0. The second kappa shape index (κ2) is 15.1. The van der Waals surface area contributed by atoms with Gasteiger partial charge in [0.1, 0.15) is 0 Å². The lowest BCUT2D eigenvalue weighted by molar-refractivity contribution is 0.465. The fourth-order valence-corrected chi connectivity index (χ4v) is 9.70. The predicted octanol–water partition coefficient (Wildman–Crippen LogP) is 15.6. The molecule has 0 aromatic heterocycles. The van der Waals surface area contributed by atoms with Crippen LogP contribution < -0.4 is 9.80 Å². The molecule has 0 N–H and O–H groups in total. The highest BCUT2D eigenvalue weighted by Crippen LogP contribution is 2.51. The third-order valence-electron chi connectivity index (χ3n) is 12.8. The Bertz CT molecular complexity index is 2730. The topological polar surface area (TPSA) is 6.48 Å². The molecule has 1 unspecified atom stereocenters. The minimum absolute atomic E-state index is 0.0737. The van der Waals surface area contributed by atoms with E-state index < -0.39 is 0 Å². The van der Waals surface area contributed by atoms with E-state index in [4.69, 9.17) is 0 Å². The standard InChI is InChI=1S/C57H48N2/c1-56(2)54-24-14-13-23-52(54)53-38-37-51(41-55(53)56)59(47-21-11-5-12-22-47)50-35-29-45(30-36-50)57(39-15-6-16-40-57)44-27-33-49(34-28-44)58(46-19-9-4-10-20-46)48-31-25-43(26-32-48)42-17-7-3-8-18-42/h3-15,17-38,41H,16,39-40H2,1-2H3. The zero-order valence-corrected chi connectivity index (χ0v) is 33.8. The molecular formula is C57H48N2. The Labute approximate surface area is 349 Å². The smallest absolute Gasteiger partial charge is 0.0465 e. The molecule has 2 aliphatic rings. The zero-order chi connectivity index (χ0) is 39.8. The zero-order valence-electron chi connectivity index (χ0n) is 33.8. The Morgan fingerprint density at radius 1 is 0.373 bits per heavy atom. The van der Waals surface area contributed by atoms with Crippen LogP contribution in [0.5, 0.6) is 0 Å². The van der Waals surface area contributed by atoms with Gasteiger partial charge in [-0.25, -0.2) is 0 Å². The van der Waals surface area contributed by atoms with Crippen LogP contribution >= 0.6 is 0 Å². The molecule has 0 saturated carbocycles. The van der Waals surface area contributed by atoms with Crippen LogP contribution in [0.2, 0.25) is 0 Å². The quantitative estimate of drug-likeness (QED) is 0.135. The fraction of sp³-hybridized carbons (Fsp3) is 0.123. The van der Waals surface area contributed by atoms with Crippen LogP contribution in [0, 0.1) is 0 Å². The average molecular weight is 761 g/mol. The van der Waals surface area contributed by atoms with Crippen molar-refractivity contribution in [3.8, 4) is 22.3 Å². The van der Waals surface area contributed by atoms with Crippen molar-refractivity contribution in [3.63, 3.8) is 0 Å². The van der Waals surface area contributed by atoms with E-state index in [-0.39, 0.29) is 10.8 Å². The van der Waals surface area contributed by atoms with Gasteiger partial charge >= 0.3 is 0 Å². The first-order valence-electron chi connectivity index (χ1n) is 21.0. The number of anilines is 6. The van der Waals surface area contributed by atoms with Gasteiger partial charge in [-0.2, -0.15) is 0 Å². The van der Waals surface area contributed by atoms with Crippen molar-refractivity contribution in [1.29, 1.82) is 0 Å². The molecule has 1 atom stereocenters. The van der Waals surface area contributed by atoms with E-state index in [0.717, 1.165) is 47.7 Å². The Morgan fingerprint density at radius 2 is 0.814 bits per heavy atom. The molecule has 0 aliphatic heterocycles. The summed E-state index contributed by atoms with van der Waals surface area (Å²) in [4.78, 5) is 4.77. The lowest BCUT2D eigenvalue weighted by Crippen LogP contribution is -2.29. The van der Waals surface area contributed by atoms with E-state index in [1.807, 2.05) is 0 Å². The number of allylic oxidation sites excluding steroid dienone is 2. The van der Waals surface area contributed by atoms with E-state index in [9.17, 15) is 0 Å². The first-order valence-corrected chi connectivity index (χ1v) is 21.0. The molecule has 2 heteroatoms. The lowest BCUT2D eigenvalue weighted by atomic mass is 9.67. The molecule has 286 valence electrons. The van der Waals surface area contributed by atoms with Crippen LogP contribution in [-0.4, -0.2) is 0 Å². The van der Waals surface area contributed by atoms with E-state index in [0.29, 0.717) is 0 Å². The number of rotatable bonds is 9. The second-order valence-electron chi connectivity index (χ2n) is 16.5. The molecule has 0 saturated heterocycles. The van der Waals surface area contributed by atoms with Crippen LogP contribution in [0.25, 0.3) is 22.3 Å². The van der Waals surface area contributed by atoms with E-state index in [1.165, 1.54) is 50.2 Å². The van der Waals surface area contributed by atoms with Crippen molar-refractivity contribution < 1.29 is 0 Å². The number of benzene rings is 8. The normalized spacial score (nSPS) is 16.2. The summed E-state index contributed by atoms with van der Waals surface area (Å²) >= 11 is 0. The fourth-order valence-electron chi connectivity index (χ4n) is 9.70. The summed E-state index contributed by atoms with van der Waals surface area (Å²) < 4.78 is 0. The molecule has 59 heavy (non-hydrogen) atoms. The van der Waals surface area contributed by atoms with Crippen LogP contribution in [0.4, 0.5) is 34.1 Å². The van der Waals surface area contributed by atoms with Gasteiger partial charge in [0, 0.05) is 45.0 Å². The molecular weight excluding hydrogens is 713 g/mol. The molecule has 0 amide bonds. The van der Waals surface area contributed by atoms with E-state index in [2.05, 4.69) is 242 Å². The van der Waals surface area contributed by atoms with Crippen LogP contribution in [-0.2, 0) is 10.8 Å². The monoisotopic (exact) mass is 760 g/mol. The number of fused-ring (bicyclic) bond motifs is 3. The van der Waals surface area contributed by atoms with Gasteiger partial charge < -0.3 is 9.80 Å². The lowest BCUT2D eigenvalue weighted by Gasteiger charge is -2.37. The van der Waals surface area contributed by atoms with Gasteiger partial charge in [0.15, 0.2) is 0 Å². The van der Waals surface area contributed by atoms with Gasteiger partial charge in [-0.05, 0) is 137 Å². The largest absolute Gasteiger partial charge is 0.311 e. The number of hydrogen-bond acceptors (Lipinski definition) is 2. The number of hydrogen-bond donors (Lipinski definition) is 0. The Balaban J connectivity index is 0.997. The van der Waals surface area contributed by atoms with Crippen LogP contribution in [0.15, 0.2) is 218 Å². The number of nitrogens with zero attached hydrogens (tertiary/aromatic N) is 2. The van der Waals surface area contributed by atoms with Crippen molar-refractivity contribution in [2.45, 2.75) is 43.9 Å². The van der Waals surface area contributed by atoms with E-state index >= 15 is 0 Å². The Kier molecular flexibility index (Phi) is 9.34. The highest BCUT2D eigenvalue weighted by Gasteiger charge is 2.37. The maximum atomic E-state index is 2.42. The van der Waals surface area contributed by atoms with Crippen molar-refractivity contribution in [2.24, 2.45) is 0 Å². The van der Waals surface area contributed by atoms with Gasteiger partial charge in [0.2, 0.25) is 0 Å². The first-order chi connectivity index (χ1) is 29.0. The maximum Gasteiger partial charge on any atom is 0.0465 e. The third kappa shape index (κ3) is 6.55. The Hall–Kier alpha value is -6.90. The minimum atomic E-state index is -0.123. The SMILES string of the molecule is CC1(C)c2ccccc2-c2ccc(N(c3ccccc3)c3ccc(C4(c5ccc(N(c6ccccc6)c6ccc(-c7ccccc7)cc6)cc5)CC=CCC4)cc3)cc21. The molecule has 0 heterocycles. The van der Waals surface area contributed by atoms with Gasteiger partial charge in [0.25, 0.3) is 0 Å². The minimum Gasteiger partial charge on any atom is -0.311 e. The highest BCUT2D eigenvalue weighted by atomic mass is 15.1. The molecule has 2 aliphatic carbocycles. The third-order valence-corrected chi connectivity index (χ3v) is 12.8. The Morgan fingerprint density at radius 3 is 1.37 bits per heavy atom. The van der Waals surface area contributed by atoms with Crippen LogP contribution in [0.1, 0.15) is 55.4 Å². The molecule has 0 radical (unpaired) electrons. The average Bonchev–Trinajstić information content (AvgIpc) is 3.53. The molecule has 0 spiro atoms. The van der Waals surface area contributed by atoms with Crippen LogP contribution in [0.3, 0.4) is 0 Å². The predicted molar refractivity (Wildman–Crippen MR) is 249 cm³/mol. The molecule has 8 aromatic rings. The van der Waals surface area contributed by atoms with Gasteiger partial charge in [-0.15, -0.1) is 0 Å². The number of para-hydroxylation sites is 2. The molecule has 8 aromatic carbocycles. The molecule has 2 nitrogen and oxygen atoms in total. The van der Waals surface area contributed by atoms with Crippen molar-refractivity contribution in [1.82, 2.24) is 0 Å². The second-order valence-corrected chi connectivity index (χ2v) is 16.5. The highest BCUT2D eigenvalue weighted by molar-refractivity contribution is 5.86. The summed E-state index contributed by atoms with van der Waals surface area (Å²) in [6, 6.07) is 75.7. The summed E-state index contributed by atoms with van der Waals surface area (Å²) in [6.45, 7) is 4.71. The molecule has 0 fully saturated rings. The summed E-state index contributed by atoms with van der Waals surface area (Å²) in [5.41, 5.74) is 17.3. The first kappa shape index (κ1) is 36.4. The van der Waals surface area contributed by atoms with Gasteiger partial charge in [-0.1, -0.05) is 159 Å². The summed E-state index contributed by atoms with van der Waals surface area (Å²) in [7, 11) is 0. The van der Waals surface area contributed by atoms with Gasteiger partial charge in [0.05, 0.1) is 0 Å². The molecule has 10 rings (SSSR count). The molecule has 0 bridgehead atoms. The van der Waals surface area contributed by atoms with Crippen molar-refractivity contribution >= 4 is 34.1 Å². The summed E-state index contributed by atoms with van der Waals surface area (Å²) in [6.07, 6.45) is 7.82. The van der Waals surface area contributed by atoms with Crippen molar-refractivity contribution in [2.75, 3.05) is 9.80 Å². The van der Waals surface area contributed by atoms with E-state index in [1.54, 1.807) is 0 Å².